The molecule has 1 aromatic carbocycles. The molecule has 1 fully saturated rings. The number of nitrogens with two attached hydrogens (primary N) is 1. The van der Waals surface area contributed by atoms with Gasteiger partial charge in [0.2, 0.25) is 0 Å². The highest BCUT2D eigenvalue weighted by molar-refractivity contribution is 5.81. The highest BCUT2D eigenvalue weighted by atomic mass is 16.5. The number of nitrogens with one attached hydrogen (secondary N) is 1. The van der Waals surface area contributed by atoms with Gasteiger partial charge >= 0.3 is 0 Å². The first-order valence-corrected chi connectivity index (χ1v) is 6.72. The van der Waals surface area contributed by atoms with Crippen molar-refractivity contribution in [3.8, 4) is 0 Å². The second-order valence-electron chi connectivity index (χ2n) is 5.32. The molecule has 19 heavy (non-hydrogen) atoms. The predicted octanol–water partition coefficient (Wildman–Crippen LogP) is 2.67. The lowest BCUT2D eigenvalue weighted by atomic mass is 10.0. The summed E-state index contributed by atoms with van der Waals surface area (Å²) in [5.41, 5.74) is 4.92. The minimum Gasteiger partial charge on any atom is -0.459 e. The van der Waals surface area contributed by atoms with Crippen LogP contribution in [0.5, 0.6) is 0 Å². The van der Waals surface area contributed by atoms with Gasteiger partial charge in [0.25, 0.3) is 0 Å². The van der Waals surface area contributed by atoms with E-state index < -0.39 is 0 Å². The van der Waals surface area contributed by atoms with E-state index in [0.717, 1.165) is 22.3 Å². The van der Waals surface area contributed by atoms with Gasteiger partial charge in [-0.3, -0.25) is 5.84 Å². The van der Waals surface area contributed by atoms with Crippen LogP contribution in [0.4, 0.5) is 0 Å². The largest absolute Gasteiger partial charge is 0.459 e. The van der Waals surface area contributed by atoms with E-state index in [4.69, 9.17) is 15.0 Å². The topological polar surface area (TPSA) is 60.4 Å². The van der Waals surface area contributed by atoms with Crippen LogP contribution in [0.3, 0.4) is 0 Å². The molecule has 0 bridgehead atoms. The SMILES string of the molecule is COC(C1CC1)C(NN)c1cc2cccc(C)c2o1. The molecule has 0 saturated heterocycles. The fourth-order valence-corrected chi connectivity index (χ4v) is 2.75. The van der Waals surface area contributed by atoms with Gasteiger partial charge in [-0.1, -0.05) is 18.2 Å². The first kappa shape index (κ1) is 12.7. The molecule has 1 aliphatic carbocycles. The Morgan fingerprint density at radius 2 is 2.21 bits per heavy atom. The van der Waals surface area contributed by atoms with E-state index >= 15 is 0 Å². The number of ether oxygens (including phenoxy) is 1. The van der Waals surface area contributed by atoms with E-state index in [1.54, 1.807) is 7.11 Å². The van der Waals surface area contributed by atoms with Crippen LogP contribution in [-0.2, 0) is 4.74 Å². The normalized spacial score (nSPS) is 18.7. The van der Waals surface area contributed by atoms with Crippen molar-refractivity contribution in [1.82, 2.24) is 5.43 Å². The number of benzene rings is 1. The van der Waals surface area contributed by atoms with Crippen LogP contribution in [0.1, 0.15) is 30.2 Å². The van der Waals surface area contributed by atoms with E-state index in [9.17, 15) is 0 Å². The number of hydrogen-bond donors (Lipinski definition) is 2. The van der Waals surface area contributed by atoms with Crippen molar-refractivity contribution in [2.24, 2.45) is 11.8 Å². The van der Waals surface area contributed by atoms with Crippen molar-refractivity contribution in [3.05, 3.63) is 35.6 Å². The van der Waals surface area contributed by atoms with E-state index in [-0.39, 0.29) is 12.1 Å². The van der Waals surface area contributed by atoms with E-state index in [1.165, 1.54) is 12.8 Å². The lowest BCUT2D eigenvalue weighted by Crippen LogP contribution is -2.38. The Bertz CT molecular complexity index is 575. The van der Waals surface area contributed by atoms with Crippen LogP contribution < -0.4 is 11.3 Å². The fraction of sp³-hybridized carbons (Fsp3) is 0.467. The second kappa shape index (κ2) is 4.96. The fourth-order valence-electron chi connectivity index (χ4n) is 2.75. The number of hydrogen-bond acceptors (Lipinski definition) is 4. The van der Waals surface area contributed by atoms with Gasteiger partial charge in [0.1, 0.15) is 17.4 Å². The maximum atomic E-state index is 5.99. The highest BCUT2D eigenvalue weighted by Gasteiger charge is 2.38. The van der Waals surface area contributed by atoms with Gasteiger partial charge in [0.15, 0.2) is 0 Å². The predicted molar refractivity (Wildman–Crippen MR) is 74.5 cm³/mol. The molecule has 0 aliphatic heterocycles. The molecule has 1 heterocycles. The van der Waals surface area contributed by atoms with Gasteiger partial charge in [-0.2, -0.15) is 0 Å². The molecule has 1 aromatic heterocycles. The molecule has 4 heteroatoms. The van der Waals surface area contributed by atoms with Crippen molar-refractivity contribution in [2.45, 2.75) is 31.9 Å². The van der Waals surface area contributed by atoms with Gasteiger partial charge in [0, 0.05) is 12.5 Å². The minimum atomic E-state index is -0.0932. The lowest BCUT2D eigenvalue weighted by molar-refractivity contribution is 0.0444. The molecular formula is C15H20N2O2. The second-order valence-corrected chi connectivity index (χ2v) is 5.32. The van der Waals surface area contributed by atoms with Crippen molar-refractivity contribution in [3.63, 3.8) is 0 Å². The molecule has 1 saturated carbocycles. The summed E-state index contributed by atoms with van der Waals surface area (Å²) in [5.74, 6) is 7.15. The molecule has 2 unspecified atom stereocenters. The van der Waals surface area contributed by atoms with Crippen LogP contribution in [-0.4, -0.2) is 13.2 Å². The van der Waals surface area contributed by atoms with Gasteiger partial charge in [-0.05, 0) is 37.3 Å². The number of fused-ring (bicyclic) bond motifs is 1. The molecule has 4 nitrogen and oxygen atoms in total. The molecule has 0 amide bonds. The molecule has 1 aliphatic rings. The summed E-state index contributed by atoms with van der Waals surface area (Å²) in [4.78, 5) is 0. The van der Waals surface area contributed by atoms with Crippen LogP contribution in [0.25, 0.3) is 11.0 Å². The van der Waals surface area contributed by atoms with E-state index in [1.807, 2.05) is 6.07 Å². The molecule has 0 radical (unpaired) electrons. The molecule has 102 valence electrons. The zero-order chi connectivity index (χ0) is 13.4. The van der Waals surface area contributed by atoms with Gasteiger partial charge in [-0.25, -0.2) is 5.43 Å². The lowest BCUT2D eigenvalue weighted by Gasteiger charge is -2.23. The number of rotatable bonds is 5. The maximum Gasteiger partial charge on any atom is 0.137 e. The third kappa shape index (κ3) is 2.27. The summed E-state index contributed by atoms with van der Waals surface area (Å²) < 4.78 is 11.6. The number of para-hydroxylation sites is 1. The monoisotopic (exact) mass is 260 g/mol. The van der Waals surface area contributed by atoms with E-state index in [2.05, 4.69) is 30.5 Å². The zero-order valence-corrected chi connectivity index (χ0v) is 11.3. The molecule has 0 spiro atoms. The van der Waals surface area contributed by atoms with Gasteiger partial charge in [-0.15, -0.1) is 0 Å². The summed E-state index contributed by atoms with van der Waals surface area (Å²) in [6.07, 6.45) is 2.48. The van der Waals surface area contributed by atoms with Crippen LogP contribution in [0, 0.1) is 12.8 Å². The molecule has 3 rings (SSSR count). The third-order valence-corrected chi connectivity index (χ3v) is 3.93. The minimum absolute atomic E-state index is 0.0749. The first-order chi connectivity index (χ1) is 9.24. The summed E-state index contributed by atoms with van der Waals surface area (Å²) in [5, 5.41) is 1.11. The smallest absolute Gasteiger partial charge is 0.137 e. The molecule has 2 atom stereocenters. The number of aryl methyl sites for hydroxylation is 1. The quantitative estimate of drug-likeness (QED) is 0.641. The Balaban J connectivity index is 1.98. The number of furan rings is 1. The van der Waals surface area contributed by atoms with Gasteiger partial charge < -0.3 is 9.15 Å². The summed E-state index contributed by atoms with van der Waals surface area (Å²) in [6.45, 7) is 2.05. The standard InChI is InChI=1S/C15H20N2O2/c1-9-4-3-5-11-8-12(19-14(9)11)13(17-16)15(18-2)10-6-7-10/h3-5,8,10,13,15,17H,6-7,16H2,1-2H3. The van der Waals surface area contributed by atoms with Crippen molar-refractivity contribution < 1.29 is 9.15 Å². The Morgan fingerprint density at radius 1 is 1.42 bits per heavy atom. The van der Waals surface area contributed by atoms with Crippen molar-refractivity contribution in [1.29, 1.82) is 0 Å². The average Bonchev–Trinajstić information content (AvgIpc) is 3.15. The Kier molecular flexibility index (Phi) is 3.31. The molecule has 2 aromatic rings. The Labute approximate surface area is 112 Å². The summed E-state index contributed by atoms with van der Waals surface area (Å²) >= 11 is 0. The van der Waals surface area contributed by atoms with Crippen LogP contribution in [0.15, 0.2) is 28.7 Å². The number of hydrazine groups is 1. The average molecular weight is 260 g/mol. The number of methoxy groups -OCH3 is 1. The van der Waals surface area contributed by atoms with Gasteiger partial charge in [0.05, 0.1) is 6.10 Å². The third-order valence-electron chi connectivity index (χ3n) is 3.93. The molecular weight excluding hydrogens is 240 g/mol. The van der Waals surface area contributed by atoms with Crippen molar-refractivity contribution >= 4 is 11.0 Å². The van der Waals surface area contributed by atoms with Crippen molar-refractivity contribution in [2.75, 3.05) is 7.11 Å². The van der Waals surface area contributed by atoms with Crippen LogP contribution >= 0.6 is 0 Å². The summed E-state index contributed by atoms with van der Waals surface area (Å²) in [6, 6.07) is 8.11. The Hall–Kier alpha value is -1.36. The first-order valence-electron chi connectivity index (χ1n) is 6.72. The maximum absolute atomic E-state index is 5.99. The Morgan fingerprint density at radius 3 is 2.79 bits per heavy atom. The highest BCUT2D eigenvalue weighted by Crippen LogP contribution is 2.40. The van der Waals surface area contributed by atoms with E-state index in [0.29, 0.717) is 5.92 Å². The zero-order valence-electron chi connectivity index (χ0n) is 11.3. The van der Waals surface area contributed by atoms with Crippen LogP contribution in [0.2, 0.25) is 0 Å². The molecule has 3 N–H and O–H groups in total. The summed E-state index contributed by atoms with van der Waals surface area (Å²) in [7, 11) is 1.74.